The van der Waals surface area contributed by atoms with E-state index >= 15 is 0 Å². The summed E-state index contributed by atoms with van der Waals surface area (Å²) >= 11 is 0. The van der Waals surface area contributed by atoms with Crippen LogP contribution in [-0.2, 0) is 4.79 Å². The van der Waals surface area contributed by atoms with Crippen molar-refractivity contribution in [2.45, 2.75) is 0 Å². The molecular weight excluding hydrogens is 298 g/mol. The number of aromatic amines is 1. The first-order valence-electron chi connectivity index (χ1n) is 7.03. The predicted molar refractivity (Wildman–Crippen MR) is 79.9 cm³/mol. The number of amides is 1. The van der Waals surface area contributed by atoms with Crippen LogP contribution in [0.4, 0.5) is 11.8 Å². The van der Waals surface area contributed by atoms with Gasteiger partial charge < -0.3 is 4.90 Å². The maximum absolute atomic E-state index is 12.1. The van der Waals surface area contributed by atoms with Gasteiger partial charge in [0.05, 0.1) is 5.92 Å². The zero-order valence-corrected chi connectivity index (χ0v) is 12.0. The molecule has 0 unspecified atom stereocenters. The standard InChI is InChI=1S/C13H13N9O/c23-12(19-13-16-8-17-20-13)9-5-21(6-9)10-4-11(15-7-14-10)22-3-1-2-18-22/h1-4,7-9H,5-6H2,(H2,16,17,19,20,23). The molecule has 116 valence electrons. The van der Waals surface area contributed by atoms with Gasteiger partial charge in [-0.2, -0.15) is 15.2 Å². The maximum Gasteiger partial charge on any atom is 0.233 e. The Hall–Kier alpha value is -3.30. The van der Waals surface area contributed by atoms with E-state index in [4.69, 9.17) is 0 Å². The van der Waals surface area contributed by atoms with Gasteiger partial charge in [-0.05, 0) is 6.07 Å². The first-order valence-corrected chi connectivity index (χ1v) is 7.03. The summed E-state index contributed by atoms with van der Waals surface area (Å²) in [6.45, 7) is 1.19. The summed E-state index contributed by atoms with van der Waals surface area (Å²) in [4.78, 5) is 26.4. The first-order chi connectivity index (χ1) is 11.3. The number of hydrogen-bond acceptors (Lipinski definition) is 7. The maximum atomic E-state index is 12.1. The number of rotatable bonds is 4. The van der Waals surface area contributed by atoms with Crippen molar-refractivity contribution in [1.29, 1.82) is 0 Å². The van der Waals surface area contributed by atoms with Crippen molar-refractivity contribution >= 4 is 17.7 Å². The molecule has 1 aliphatic heterocycles. The topological polar surface area (TPSA) is 118 Å². The summed E-state index contributed by atoms with van der Waals surface area (Å²) < 4.78 is 1.67. The smallest absolute Gasteiger partial charge is 0.233 e. The molecule has 1 aliphatic rings. The fraction of sp³-hybridized carbons (Fsp3) is 0.231. The molecule has 4 heterocycles. The number of anilines is 2. The minimum Gasteiger partial charge on any atom is -0.355 e. The molecule has 0 saturated carbocycles. The number of H-pyrrole nitrogens is 1. The molecule has 0 spiro atoms. The van der Waals surface area contributed by atoms with Crippen LogP contribution in [0.25, 0.3) is 5.82 Å². The van der Waals surface area contributed by atoms with Gasteiger partial charge in [0, 0.05) is 31.5 Å². The molecule has 2 N–H and O–H groups in total. The van der Waals surface area contributed by atoms with Gasteiger partial charge in [-0.3, -0.25) is 10.1 Å². The van der Waals surface area contributed by atoms with E-state index in [2.05, 4.69) is 35.6 Å². The van der Waals surface area contributed by atoms with Crippen molar-refractivity contribution < 1.29 is 4.79 Å². The van der Waals surface area contributed by atoms with Crippen LogP contribution in [0.2, 0.25) is 0 Å². The van der Waals surface area contributed by atoms with Crippen molar-refractivity contribution in [1.82, 2.24) is 34.9 Å². The zero-order valence-electron chi connectivity index (χ0n) is 12.0. The van der Waals surface area contributed by atoms with Crippen molar-refractivity contribution in [2.24, 2.45) is 5.92 Å². The Morgan fingerprint density at radius 3 is 2.83 bits per heavy atom. The van der Waals surface area contributed by atoms with Crippen molar-refractivity contribution in [2.75, 3.05) is 23.3 Å². The Kier molecular flexibility index (Phi) is 3.18. The van der Waals surface area contributed by atoms with E-state index in [1.165, 1.54) is 12.7 Å². The van der Waals surface area contributed by atoms with Crippen LogP contribution in [0.1, 0.15) is 0 Å². The molecule has 23 heavy (non-hydrogen) atoms. The van der Waals surface area contributed by atoms with Gasteiger partial charge in [0.1, 0.15) is 18.5 Å². The van der Waals surface area contributed by atoms with Crippen molar-refractivity contribution in [3.8, 4) is 5.82 Å². The second-order valence-electron chi connectivity index (χ2n) is 5.11. The highest BCUT2D eigenvalue weighted by atomic mass is 16.2. The summed E-state index contributed by atoms with van der Waals surface area (Å²) in [6.07, 6.45) is 6.35. The molecule has 1 fully saturated rings. The Labute approximate surface area is 130 Å². The highest BCUT2D eigenvalue weighted by Gasteiger charge is 2.34. The molecule has 4 rings (SSSR count). The molecule has 1 amide bonds. The van der Waals surface area contributed by atoms with Crippen molar-refractivity contribution in [3.05, 3.63) is 37.2 Å². The SMILES string of the molecule is O=C(Nc1ncn[nH]1)C1CN(c2cc(-n3cccn3)ncn2)C1. The van der Waals surface area contributed by atoms with E-state index in [0.29, 0.717) is 24.9 Å². The highest BCUT2D eigenvalue weighted by Crippen LogP contribution is 2.24. The molecule has 10 nitrogen and oxygen atoms in total. The predicted octanol–water partition coefficient (Wildman–Crippen LogP) is -0.145. The molecule has 0 bridgehead atoms. The van der Waals surface area contributed by atoms with Gasteiger partial charge in [0.25, 0.3) is 0 Å². The molecule has 0 atom stereocenters. The minimum absolute atomic E-state index is 0.0839. The lowest BCUT2D eigenvalue weighted by Crippen LogP contribution is -2.52. The van der Waals surface area contributed by atoms with Crippen LogP contribution in [0.5, 0.6) is 0 Å². The average Bonchev–Trinajstić information content (AvgIpc) is 3.19. The number of carbonyl (C=O) groups is 1. The largest absolute Gasteiger partial charge is 0.355 e. The molecule has 0 aliphatic carbocycles. The van der Waals surface area contributed by atoms with Gasteiger partial charge in [-0.15, -0.1) is 0 Å². The Morgan fingerprint density at radius 2 is 2.09 bits per heavy atom. The molecular formula is C13H13N9O. The second kappa shape index (κ2) is 5.48. The van der Waals surface area contributed by atoms with E-state index in [9.17, 15) is 4.79 Å². The van der Waals surface area contributed by atoms with Crippen LogP contribution < -0.4 is 10.2 Å². The summed E-state index contributed by atoms with van der Waals surface area (Å²) in [5, 5.41) is 13.1. The summed E-state index contributed by atoms with van der Waals surface area (Å²) in [5.41, 5.74) is 0. The fourth-order valence-corrected chi connectivity index (χ4v) is 2.36. The van der Waals surface area contributed by atoms with Gasteiger partial charge in [0.2, 0.25) is 11.9 Å². The number of aromatic nitrogens is 7. The second-order valence-corrected chi connectivity index (χ2v) is 5.11. The normalized spacial score (nSPS) is 14.5. The van der Waals surface area contributed by atoms with Gasteiger partial charge >= 0.3 is 0 Å². The third kappa shape index (κ3) is 2.61. The Bertz CT molecular complexity index is 793. The summed E-state index contributed by atoms with van der Waals surface area (Å²) in [7, 11) is 0. The van der Waals surface area contributed by atoms with E-state index in [1.54, 1.807) is 10.9 Å². The van der Waals surface area contributed by atoms with Crippen LogP contribution in [0, 0.1) is 5.92 Å². The van der Waals surface area contributed by atoms with E-state index < -0.39 is 0 Å². The molecule has 1 saturated heterocycles. The molecule has 0 aromatic carbocycles. The molecule has 0 radical (unpaired) electrons. The summed E-state index contributed by atoms with van der Waals surface area (Å²) in [5.74, 6) is 1.63. The zero-order chi connectivity index (χ0) is 15.6. The minimum atomic E-state index is -0.108. The van der Waals surface area contributed by atoms with Crippen LogP contribution >= 0.6 is 0 Å². The average molecular weight is 311 g/mol. The van der Waals surface area contributed by atoms with E-state index in [1.807, 2.05) is 23.2 Å². The molecule has 10 heteroatoms. The lowest BCUT2D eigenvalue weighted by atomic mass is 9.99. The third-order valence-corrected chi connectivity index (χ3v) is 3.61. The number of carbonyl (C=O) groups excluding carboxylic acids is 1. The first kappa shape index (κ1) is 13.4. The van der Waals surface area contributed by atoms with Gasteiger partial charge in [0.15, 0.2) is 5.82 Å². The molecule has 3 aromatic rings. The van der Waals surface area contributed by atoms with Crippen molar-refractivity contribution in [3.63, 3.8) is 0 Å². The monoisotopic (exact) mass is 311 g/mol. The van der Waals surface area contributed by atoms with Crippen LogP contribution in [-0.4, -0.2) is 53.9 Å². The third-order valence-electron chi connectivity index (χ3n) is 3.61. The number of nitrogens with zero attached hydrogens (tertiary/aromatic N) is 7. The van der Waals surface area contributed by atoms with Gasteiger partial charge in [-0.1, -0.05) is 0 Å². The highest BCUT2D eigenvalue weighted by molar-refractivity contribution is 5.92. The lowest BCUT2D eigenvalue weighted by Gasteiger charge is -2.38. The Morgan fingerprint density at radius 1 is 1.22 bits per heavy atom. The van der Waals surface area contributed by atoms with Crippen LogP contribution in [0.3, 0.4) is 0 Å². The van der Waals surface area contributed by atoms with Crippen LogP contribution in [0.15, 0.2) is 37.2 Å². The number of nitrogens with one attached hydrogen (secondary N) is 2. The summed E-state index contributed by atoms with van der Waals surface area (Å²) in [6, 6.07) is 3.67. The molecule has 3 aromatic heterocycles. The number of hydrogen-bond donors (Lipinski definition) is 2. The fourth-order valence-electron chi connectivity index (χ4n) is 2.36. The lowest BCUT2D eigenvalue weighted by molar-refractivity contribution is -0.120. The van der Waals surface area contributed by atoms with E-state index in [-0.39, 0.29) is 11.8 Å². The van der Waals surface area contributed by atoms with E-state index in [0.717, 1.165) is 5.82 Å². The van der Waals surface area contributed by atoms with Gasteiger partial charge in [-0.25, -0.2) is 19.7 Å². The Balaban J connectivity index is 1.40. The quantitative estimate of drug-likeness (QED) is 0.688.